The number of nitrogens with zero attached hydrogens (tertiary/aromatic N) is 3. The molecule has 0 aliphatic carbocycles. The van der Waals surface area contributed by atoms with Gasteiger partial charge in [-0.1, -0.05) is 36.4 Å². The molecule has 0 saturated carbocycles. The Kier molecular flexibility index (Phi) is 5.06. The lowest BCUT2D eigenvalue weighted by atomic mass is 9.76. The average molecular weight is 459 g/mol. The van der Waals surface area contributed by atoms with Crippen LogP contribution in [0, 0.1) is 15.5 Å². The van der Waals surface area contributed by atoms with Crippen molar-refractivity contribution in [3.05, 3.63) is 94.5 Å². The van der Waals surface area contributed by atoms with Crippen molar-refractivity contribution in [3.8, 4) is 5.75 Å². The smallest absolute Gasteiger partial charge is 0.271 e. The largest absolute Gasteiger partial charge is 0.497 e. The molecular formula is C25H21N3O6. The van der Waals surface area contributed by atoms with Gasteiger partial charge < -0.3 is 4.74 Å². The van der Waals surface area contributed by atoms with Gasteiger partial charge in [-0.05, 0) is 42.8 Å². The van der Waals surface area contributed by atoms with Gasteiger partial charge in [0.05, 0.1) is 29.4 Å². The topological polar surface area (TPSA) is 102 Å². The summed E-state index contributed by atoms with van der Waals surface area (Å²) in [5, 5.41) is 12.9. The summed E-state index contributed by atoms with van der Waals surface area (Å²) in [6, 6.07) is 21.3. The van der Waals surface area contributed by atoms with Gasteiger partial charge in [-0.25, -0.2) is 9.96 Å². The lowest BCUT2D eigenvalue weighted by Crippen LogP contribution is -2.41. The highest BCUT2D eigenvalue weighted by Crippen LogP contribution is 2.55. The fourth-order valence-electron chi connectivity index (χ4n) is 4.70. The van der Waals surface area contributed by atoms with E-state index in [-0.39, 0.29) is 11.4 Å². The van der Waals surface area contributed by atoms with E-state index >= 15 is 0 Å². The van der Waals surface area contributed by atoms with Crippen molar-refractivity contribution in [1.82, 2.24) is 0 Å². The Morgan fingerprint density at radius 1 is 0.971 bits per heavy atom. The second-order valence-corrected chi connectivity index (χ2v) is 8.36. The third kappa shape index (κ3) is 3.12. The van der Waals surface area contributed by atoms with Gasteiger partial charge in [0.1, 0.15) is 11.2 Å². The lowest BCUT2D eigenvalue weighted by Gasteiger charge is -2.32. The van der Waals surface area contributed by atoms with E-state index in [0.717, 1.165) is 10.5 Å². The highest BCUT2D eigenvalue weighted by atomic mass is 16.7. The number of imide groups is 1. The Hall–Kier alpha value is -4.24. The number of rotatable bonds is 5. The van der Waals surface area contributed by atoms with Gasteiger partial charge in [-0.15, -0.1) is 0 Å². The van der Waals surface area contributed by atoms with Crippen LogP contribution in [0.5, 0.6) is 5.75 Å². The number of methoxy groups -OCH3 is 1. The average Bonchev–Trinajstić information content (AvgIpc) is 3.27. The summed E-state index contributed by atoms with van der Waals surface area (Å²) in [4.78, 5) is 45.2. The van der Waals surface area contributed by atoms with E-state index in [1.807, 2.05) is 42.5 Å². The Morgan fingerprint density at radius 3 is 2.29 bits per heavy atom. The van der Waals surface area contributed by atoms with Gasteiger partial charge in [0.15, 0.2) is 6.10 Å². The summed E-state index contributed by atoms with van der Waals surface area (Å²) >= 11 is 0. The number of para-hydroxylation sites is 1. The molecule has 2 heterocycles. The molecule has 0 bridgehead atoms. The molecule has 0 spiro atoms. The highest BCUT2D eigenvalue weighted by molar-refractivity contribution is 6.25. The van der Waals surface area contributed by atoms with Crippen LogP contribution in [-0.2, 0) is 14.4 Å². The minimum Gasteiger partial charge on any atom is -0.497 e. The molecular weight excluding hydrogens is 438 g/mol. The van der Waals surface area contributed by atoms with Crippen LogP contribution in [0.4, 0.5) is 17.1 Å². The summed E-state index contributed by atoms with van der Waals surface area (Å²) in [6.07, 6.45) is -1.11. The monoisotopic (exact) mass is 459 g/mol. The third-order valence-electron chi connectivity index (χ3n) is 6.42. The number of amides is 2. The molecule has 3 aromatic carbocycles. The van der Waals surface area contributed by atoms with Crippen molar-refractivity contribution >= 4 is 28.9 Å². The SMILES string of the molecule is COc1ccc([C@H]2N(c3ccccc3)O[C@H]3C(=O)N(c4cccc([N+](=O)[O-])c4)C(=O)[C@]32C)cc1. The normalized spacial score (nSPS) is 23.8. The zero-order valence-corrected chi connectivity index (χ0v) is 18.5. The Bertz CT molecular complexity index is 1280. The molecule has 9 heteroatoms. The minimum absolute atomic E-state index is 0.142. The van der Waals surface area contributed by atoms with E-state index in [9.17, 15) is 19.7 Å². The van der Waals surface area contributed by atoms with Crippen LogP contribution in [0.2, 0.25) is 0 Å². The first-order valence-corrected chi connectivity index (χ1v) is 10.6. The standard InChI is InChI=1S/C25H21N3O6/c1-25-21(16-11-13-20(33-2)14-12-16)27(17-7-4-3-5-8-17)34-22(25)23(29)26(24(25)30)18-9-6-10-19(15-18)28(31)32/h3-15,21-22H,1-2H3/t21-,22+,25+/m1/s1. The maximum Gasteiger partial charge on any atom is 0.271 e. The van der Waals surface area contributed by atoms with Crippen molar-refractivity contribution in [3.63, 3.8) is 0 Å². The maximum atomic E-state index is 13.9. The van der Waals surface area contributed by atoms with Gasteiger partial charge in [-0.2, -0.15) is 0 Å². The second-order valence-electron chi connectivity index (χ2n) is 8.36. The van der Waals surface area contributed by atoms with Crippen LogP contribution in [-0.4, -0.2) is 30.0 Å². The predicted molar refractivity (Wildman–Crippen MR) is 123 cm³/mol. The molecule has 0 radical (unpaired) electrons. The van der Waals surface area contributed by atoms with Crippen molar-refractivity contribution in [1.29, 1.82) is 0 Å². The number of carbonyl (C=O) groups is 2. The number of benzene rings is 3. The molecule has 2 aliphatic heterocycles. The van der Waals surface area contributed by atoms with Crippen molar-refractivity contribution in [2.75, 3.05) is 17.1 Å². The minimum atomic E-state index is -1.29. The van der Waals surface area contributed by atoms with Crippen LogP contribution in [0.25, 0.3) is 0 Å². The first-order valence-electron chi connectivity index (χ1n) is 10.6. The van der Waals surface area contributed by atoms with E-state index in [0.29, 0.717) is 11.4 Å². The molecule has 3 atom stereocenters. The first kappa shape index (κ1) is 21.6. The highest BCUT2D eigenvalue weighted by Gasteiger charge is 2.68. The number of hydroxylamine groups is 1. The number of hydrogen-bond donors (Lipinski definition) is 0. The number of nitro groups is 1. The summed E-state index contributed by atoms with van der Waals surface area (Å²) in [6.45, 7) is 1.70. The second kappa shape index (κ2) is 7.96. The number of nitro benzene ring substituents is 1. The van der Waals surface area contributed by atoms with Crippen LogP contribution < -0.4 is 14.7 Å². The molecule has 9 nitrogen and oxygen atoms in total. The van der Waals surface area contributed by atoms with Crippen LogP contribution in [0.1, 0.15) is 18.5 Å². The number of hydrogen-bond acceptors (Lipinski definition) is 7. The van der Waals surface area contributed by atoms with Gasteiger partial charge in [0.2, 0.25) is 5.91 Å². The summed E-state index contributed by atoms with van der Waals surface area (Å²) in [5.74, 6) is -0.394. The molecule has 0 aromatic heterocycles. The third-order valence-corrected chi connectivity index (χ3v) is 6.42. The summed E-state index contributed by atoms with van der Waals surface area (Å²) < 4.78 is 5.27. The molecule has 5 rings (SSSR count). The fraction of sp³-hybridized carbons (Fsp3) is 0.200. The number of non-ortho nitro benzene ring substituents is 1. The molecule has 0 unspecified atom stereocenters. The van der Waals surface area contributed by atoms with Gasteiger partial charge in [0, 0.05) is 12.1 Å². The molecule has 2 amide bonds. The van der Waals surface area contributed by atoms with Crippen LogP contribution >= 0.6 is 0 Å². The first-order chi connectivity index (χ1) is 16.4. The van der Waals surface area contributed by atoms with E-state index < -0.39 is 34.3 Å². The summed E-state index contributed by atoms with van der Waals surface area (Å²) in [5.41, 5.74) is 0.103. The fourth-order valence-corrected chi connectivity index (χ4v) is 4.70. The van der Waals surface area contributed by atoms with Crippen molar-refractivity contribution < 1.29 is 24.1 Å². The van der Waals surface area contributed by atoms with E-state index in [1.165, 1.54) is 24.3 Å². The van der Waals surface area contributed by atoms with Gasteiger partial charge in [-0.3, -0.25) is 24.5 Å². The summed E-state index contributed by atoms with van der Waals surface area (Å²) in [7, 11) is 1.57. The van der Waals surface area contributed by atoms with Crippen LogP contribution in [0.15, 0.2) is 78.9 Å². The molecule has 2 fully saturated rings. The number of ether oxygens (including phenoxy) is 1. The molecule has 2 saturated heterocycles. The number of carbonyl (C=O) groups excluding carboxylic acids is 2. The Balaban J connectivity index is 1.62. The predicted octanol–water partition coefficient (Wildman–Crippen LogP) is 4.04. The Labute approximate surface area is 195 Å². The van der Waals surface area contributed by atoms with Gasteiger partial charge >= 0.3 is 0 Å². The molecule has 34 heavy (non-hydrogen) atoms. The van der Waals surface area contributed by atoms with E-state index in [2.05, 4.69) is 0 Å². The number of anilines is 2. The Morgan fingerprint density at radius 2 is 1.65 bits per heavy atom. The molecule has 3 aromatic rings. The zero-order chi connectivity index (χ0) is 24.0. The van der Waals surface area contributed by atoms with Crippen molar-refractivity contribution in [2.24, 2.45) is 5.41 Å². The van der Waals surface area contributed by atoms with Crippen molar-refractivity contribution in [2.45, 2.75) is 19.1 Å². The van der Waals surface area contributed by atoms with Gasteiger partial charge in [0.25, 0.3) is 11.6 Å². The van der Waals surface area contributed by atoms with Crippen LogP contribution in [0.3, 0.4) is 0 Å². The molecule has 0 N–H and O–H groups in total. The lowest BCUT2D eigenvalue weighted by molar-refractivity contribution is -0.384. The zero-order valence-electron chi connectivity index (χ0n) is 18.5. The maximum absolute atomic E-state index is 13.9. The molecule has 172 valence electrons. The van der Waals surface area contributed by atoms with E-state index in [1.54, 1.807) is 31.2 Å². The molecule has 2 aliphatic rings. The quantitative estimate of drug-likeness (QED) is 0.322. The van der Waals surface area contributed by atoms with E-state index in [4.69, 9.17) is 9.57 Å². The number of fused-ring (bicyclic) bond motifs is 1.